The Bertz CT molecular complexity index is 469. The molecule has 1 N–H and O–H groups in total. The van der Waals surface area contributed by atoms with E-state index in [4.69, 9.17) is 4.74 Å². The monoisotopic (exact) mass is 289 g/mol. The van der Waals surface area contributed by atoms with Gasteiger partial charge in [0.15, 0.2) is 0 Å². The average molecular weight is 289 g/mol. The van der Waals surface area contributed by atoms with Crippen LogP contribution in [0.4, 0.5) is 0 Å². The zero-order chi connectivity index (χ0) is 15.5. The molecule has 1 saturated carbocycles. The quantitative estimate of drug-likeness (QED) is 0.842. The van der Waals surface area contributed by atoms with Gasteiger partial charge in [-0.05, 0) is 44.2 Å². The Hall–Kier alpha value is -1.02. The molecule has 1 aromatic rings. The zero-order valence-corrected chi connectivity index (χ0v) is 14.3. The zero-order valence-electron chi connectivity index (χ0n) is 14.3. The highest BCUT2D eigenvalue weighted by Gasteiger charge is 2.43. The van der Waals surface area contributed by atoms with E-state index in [1.165, 1.54) is 30.4 Å². The maximum atomic E-state index is 5.69. The van der Waals surface area contributed by atoms with Crippen molar-refractivity contribution in [2.45, 2.75) is 52.4 Å². The van der Waals surface area contributed by atoms with Crippen molar-refractivity contribution in [3.8, 4) is 5.75 Å². The number of ether oxygens (including phenoxy) is 1. The molecule has 0 bridgehead atoms. The molecular weight excluding hydrogens is 258 g/mol. The van der Waals surface area contributed by atoms with Crippen LogP contribution in [0.15, 0.2) is 18.2 Å². The molecule has 2 heteroatoms. The van der Waals surface area contributed by atoms with Crippen LogP contribution in [-0.2, 0) is 5.41 Å². The molecule has 0 aromatic heterocycles. The minimum atomic E-state index is 0.228. The van der Waals surface area contributed by atoms with Crippen LogP contribution < -0.4 is 10.1 Å². The van der Waals surface area contributed by atoms with E-state index in [1.807, 2.05) is 0 Å². The highest BCUT2D eigenvalue weighted by atomic mass is 16.5. The van der Waals surface area contributed by atoms with Crippen molar-refractivity contribution in [2.75, 3.05) is 20.2 Å². The molecule has 0 saturated heterocycles. The van der Waals surface area contributed by atoms with Crippen molar-refractivity contribution < 1.29 is 4.74 Å². The summed E-state index contributed by atoms with van der Waals surface area (Å²) in [7, 11) is 1.79. The van der Waals surface area contributed by atoms with Crippen LogP contribution in [0.25, 0.3) is 0 Å². The van der Waals surface area contributed by atoms with Crippen molar-refractivity contribution in [1.82, 2.24) is 5.32 Å². The lowest BCUT2D eigenvalue weighted by atomic mass is 9.72. The van der Waals surface area contributed by atoms with Gasteiger partial charge in [0.05, 0.1) is 7.11 Å². The molecule has 0 aliphatic heterocycles. The van der Waals surface area contributed by atoms with Crippen LogP contribution in [0.2, 0.25) is 0 Å². The minimum absolute atomic E-state index is 0.228. The maximum absolute atomic E-state index is 5.69. The second-order valence-corrected chi connectivity index (χ2v) is 7.18. The van der Waals surface area contributed by atoms with E-state index in [0.29, 0.717) is 11.8 Å². The van der Waals surface area contributed by atoms with Crippen molar-refractivity contribution in [1.29, 1.82) is 0 Å². The Morgan fingerprint density at radius 3 is 2.71 bits per heavy atom. The highest BCUT2D eigenvalue weighted by Crippen LogP contribution is 2.48. The lowest BCUT2D eigenvalue weighted by Gasteiger charge is -2.36. The number of rotatable bonds is 6. The fourth-order valence-corrected chi connectivity index (χ4v) is 3.80. The predicted molar refractivity (Wildman–Crippen MR) is 90.1 cm³/mol. The molecule has 0 heterocycles. The standard InChI is InChI=1S/C19H31NO/c1-14(2)12-20-13-19(10-6-7-16(19)4)17-11-15(3)8-9-18(17)21-5/h8-9,11,14,16,20H,6-7,10,12-13H2,1-5H3. The lowest BCUT2D eigenvalue weighted by molar-refractivity contribution is 0.296. The summed E-state index contributed by atoms with van der Waals surface area (Å²) < 4.78 is 5.69. The number of aryl methyl sites for hydroxylation is 1. The molecule has 1 aliphatic rings. The molecule has 2 rings (SSSR count). The predicted octanol–water partition coefficient (Wildman–Crippen LogP) is 4.31. The molecule has 1 aromatic carbocycles. The Balaban J connectivity index is 2.34. The number of nitrogens with one attached hydrogen (secondary N) is 1. The Morgan fingerprint density at radius 2 is 2.14 bits per heavy atom. The van der Waals surface area contributed by atoms with Crippen LogP contribution in [0.3, 0.4) is 0 Å². The summed E-state index contributed by atoms with van der Waals surface area (Å²) in [6, 6.07) is 6.63. The highest BCUT2D eigenvalue weighted by molar-refractivity contribution is 5.44. The SMILES string of the molecule is COc1ccc(C)cc1C1(CNCC(C)C)CCCC1C. The summed E-state index contributed by atoms with van der Waals surface area (Å²) in [5.41, 5.74) is 2.96. The number of methoxy groups -OCH3 is 1. The molecule has 2 nitrogen and oxygen atoms in total. The molecule has 1 aliphatic carbocycles. The molecule has 2 unspecified atom stereocenters. The number of hydrogen-bond donors (Lipinski definition) is 1. The van der Waals surface area contributed by atoms with Gasteiger partial charge in [-0.3, -0.25) is 0 Å². The minimum Gasteiger partial charge on any atom is -0.496 e. The van der Waals surface area contributed by atoms with Crippen molar-refractivity contribution in [2.24, 2.45) is 11.8 Å². The third-order valence-electron chi connectivity index (χ3n) is 5.09. The van der Waals surface area contributed by atoms with Gasteiger partial charge in [-0.2, -0.15) is 0 Å². The van der Waals surface area contributed by atoms with Crippen molar-refractivity contribution in [3.63, 3.8) is 0 Å². The number of benzene rings is 1. The van der Waals surface area contributed by atoms with Crippen LogP contribution in [-0.4, -0.2) is 20.2 Å². The van der Waals surface area contributed by atoms with Crippen LogP contribution in [0, 0.1) is 18.8 Å². The van der Waals surface area contributed by atoms with Gasteiger partial charge in [0.25, 0.3) is 0 Å². The summed E-state index contributed by atoms with van der Waals surface area (Å²) in [4.78, 5) is 0. The molecule has 1 fully saturated rings. The first-order valence-corrected chi connectivity index (χ1v) is 8.35. The third-order valence-corrected chi connectivity index (χ3v) is 5.09. The molecule has 118 valence electrons. The van der Waals surface area contributed by atoms with E-state index < -0.39 is 0 Å². The van der Waals surface area contributed by atoms with Gasteiger partial charge in [-0.25, -0.2) is 0 Å². The van der Waals surface area contributed by atoms with Gasteiger partial charge < -0.3 is 10.1 Å². The van der Waals surface area contributed by atoms with Crippen LogP contribution in [0.5, 0.6) is 5.75 Å². The van der Waals surface area contributed by atoms with E-state index in [1.54, 1.807) is 7.11 Å². The summed E-state index contributed by atoms with van der Waals surface area (Å²) in [5.74, 6) is 2.45. The van der Waals surface area contributed by atoms with Crippen molar-refractivity contribution in [3.05, 3.63) is 29.3 Å². The topological polar surface area (TPSA) is 21.3 Å². The second-order valence-electron chi connectivity index (χ2n) is 7.18. The van der Waals surface area contributed by atoms with Gasteiger partial charge in [0.2, 0.25) is 0 Å². The van der Waals surface area contributed by atoms with Crippen LogP contribution in [0.1, 0.15) is 51.2 Å². The Kier molecular flexibility index (Phi) is 5.32. The van der Waals surface area contributed by atoms with E-state index in [9.17, 15) is 0 Å². The maximum Gasteiger partial charge on any atom is 0.122 e. The molecule has 21 heavy (non-hydrogen) atoms. The average Bonchev–Trinajstić information content (AvgIpc) is 2.80. The molecule has 0 spiro atoms. The molecular formula is C19H31NO. The van der Waals surface area contributed by atoms with Crippen molar-refractivity contribution >= 4 is 0 Å². The van der Waals surface area contributed by atoms with Gasteiger partial charge in [-0.15, -0.1) is 0 Å². The summed E-state index contributed by atoms with van der Waals surface area (Å²) in [6.45, 7) is 11.3. The lowest BCUT2D eigenvalue weighted by Crippen LogP contribution is -2.41. The van der Waals surface area contributed by atoms with Gasteiger partial charge in [-0.1, -0.05) is 44.9 Å². The third kappa shape index (κ3) is 3.42. The summed E-state index contributed by atoms with van der Waals surface area (Å²) in [6.07, 6.45) is 3.90. The Morgan fingerprint density at radius 1 is 1.38 bits per heavy atom. The number of hydrogen-bond acceptors (Lipinski definition) is 2. The van der Waals surface area contributed by atoms with Crippen LogP contribution >= 0.6 is 0 Å². The molecule has 0 radical (unpaired) electrons. The molecule has 2 atom stereocenters. The fourth-order valence-electron chi connectivity index (χ4n) is 3.80. The van der Waals surface area contributed by atoms with Gasteiger partial charge >= 0.3 is 0 Å². The first-order valence-electron chi connectivity index (χ1n) is 8.35. The summed E-state index contributed by atoms with van der Waals surface area (Å²) in [5, 5.41) is 3.71. The van der Waals surface area contributed by atoms with E-state index in [-0.39, 0.29) is 5.41 Å². The normalized spacial score (nSPS) is 25.5. The Labute approximate surface area is 130 Å². The molecule has 0 amide bonds. The summed E-state index contributed by atoms with van der Waals surface area (Å²) >= 11 is 0. The van der Waals surface area contributed by atoms with E-state index >= 15 is 0 Å². The van der Waals surface area contributed by atoms with Gasteiger partial charge in [0.1, 0.15) is 5.75 Å². The van der Waals surface area contributed by atoms with E-state index in [0.717, 1.165) is 18.8 Å². The van der Waals surface area contributed by atoms with Gasteiger partial charge in [0, 0.05) is 17.5 Å². The smallest absolute Gasteiger partial charge is 0.122 e. The fraction of sp³-hybridized carbons (Fsp3) is 0.684. The van der Waals surface area contributed by atoms with E-state index in [2.05, 4.69) is 51.2 Å². The first kappa shape index (κ1) is 16.4. The second kappa shape index (κ2) is 6.83. The first-order chi connectivity index (χ1) is 9.99. The largest absolute Gasteiger partial charge is 0.496 e.